The number of hydrogen-bond acceptors (Lipinski definition) is 3. The summed E-state index contributed by atoms with van der Waals surface area (Å²) >= 11 is 0. The predicted molar refractivity (Wildman–Crippen MR) is 98.5 cm³/mol. The number of rotatable bonds is 6. The Morgan fingerprint density at radius 1 is 1.26 bits per heavy atom. The molecule has 0 bridgehead atoms. The summed E-state index contributed by atoms with van der Waals surface area (Å²) in [7, 11) is 1.84. The van der Waals surface area contributed by atoms with E-state index in [1.165, 1.54) is 0 Å². The van der Waals surface area contributed by atoms with Crippen molar-refractivity contribution in [3.8, 4) is 0 Å². The van der Waals surface area contributed by atoms with E-state index in [1.54, 1.807) is 0 Å². The minimum absolute atomic E-state index is 0.0544. The highest BCUT2D eigenvalue weighted by atomic mass is 16.5. The minimum atomic E-state index is -0.249. The Morgan fingerprint density at radius 3 is 2.43 bits per heavy atom. The van der Waals surface area contributed by atoms with Gasteiger partial charge in [-0.1, -0.05) is 26.2 Å². The van der Waals surface area contributed by atoms with Gasteiger partial charge in [0.15, 0.2) is 11.6 Å². The summed E-state index contributed by atoms with van der Waals surface area (Å²) in [5, 5.41) is 3.25. The second-order valence-electron chi connectivity index (χ2n) is 7.62. The molecule has 0 aromatic carbocycles. The molecule has 129 valence electrons. The van der Waals surface area contributed by atoms with Crippen molar-refractivity contribution in [1.29, 1.82) is 0 Å². The van der Waals surface area contributed by atoms with E-state index >= 15 is 0 Å². The van der Waals surface area contributed by atoms with Crippen LogP contribution in [-0.4, -0.2) is 31.6 Å². The molecular formula is C18H32BN2O2. The molecule has 1 N–H and O–H groups in total. The Labute approximate surface area is 142 Å². The number of amidine groups is 1. The molecule has 0 atom stereocenters. The van der Waals surface area contributed by atoms with Crippen molar-refractivity contribution in [2.45, 2.75) is 73.5 Å². The summed E-state index contributed by atoms with van der Waals surface area (Å²) < 4.78 is 11.9. The molecule has 0 saturated heterocycles. The van der Waals surface area contributed by atoms with Gasteiger partial charge in [-0.15, -0.1) is 0 Å². The molecule has 0 aromatic rings. The zero-order valence-electron chi connectivity index (χ0n) is 16.0. The highest BCUT2D eigenvalue weighted by Crippen LogP contribution is 2.33. The first-order chi connectivity index (χ1) is 10.6. The van der Waals surface area contributed by atoms with Gasteiger partial charge in [-0.3, -0.25) is 4.99 Å². The van der Waals surface area contributed by atoms with Crippen LogP contribution < -0.4 is 5.32 Å². The number of hydrogen-bond donors (Lipinski definition) is 1. The van der Waals surface area contributed by atoms with Crippen molar-refractivity contribution in [1.82, 2.24) is 5.32 Å². The molecule has 1 aliphatic rings. The summed E-state index contributed by atoms with van der Waals surface area (Å²) in [6.45, 7) is 17.5. The van der Waals surface area contributed by atoms with Gasteiger partial charge >= 0.3 is 7.48 Å². The third-order valence-corrected chi connectivity index (χ3v) is 4.14. The van der Waals surface area contributed by atoms with Gasteiger partial charge in [0.1, 0.15) is 0 Å². The minimum Gasteiger partial charge on any atom is -0.487 e. The quantitative estimate of drug-likeness (QED) is 0.752. The van der Waals surface area contributed by atoms with Crippen LogP contribution in [0.25, 0.3) is 0 Å². The Balaban J connectivity index is 2.80. The summed E-state index contributed by atoms with van der Waals surface area (Å²) in [6, 6.07) is 0. The number of ether oxygens (including phenoxy) is 1. The van der Waals surface area contributed by atoms with E-state index in [0.29, 0.717) is 6.54 Å². The Kier molecular flexibility index (Phi) is 6.93. The Morgan fingerprint density at radius 2 is 1.91 bits per heavy atom. The van der Waals surface area contributed by atoms with Gasteiger partial charge in [0.05, 0.1) is 11.7 Å². The summed E-state index contributed by atoms with van der Waals surface area (Å²) in [6.07, 6.45) is 4.87. The third-order valence-electron chi connectivity index (χ3n) is 4.14. The van der Waals surface area contributed by atoms with Crippen LogP contribution in [0.5, 0.6) is 0 Å². The molecule has 0 fully saturated rings. The first-order valence-electron chi connectivity index (χ1n) is 8.45. The first kappa shape index (κ1) is 19.8. The molecule has 4 nitrogen and oxygen atoms in total. The highest BCUT2D eigenvalue weighted by molar-refractivity contribution is 6.38. The van der Waals surface area contributed by atoms with Crippen LogP contribution in [0, 0.1) is 5.41 Å². The van der Waals surface area contributed by atoms with Gasteiger partial charge in [-0.25, -0.2) is 0 Å². The van der Waals surface area contributed by atoms with Crippen molar-refractivity contribution in [3.63, 3.8) is 0 Å². The number of allylic oxidation sites excluding steroid dienone is 2. The molecule has 0 saturated carbocycles. The highest BCUT2D eigenvalue weighted by Gasteiger charge is 2.33. The molecule has 0 aliphatic carbocycles. The maximum atomic E-state index is 6.06. The summed E-state index contributed by atoms with van der Waals surface area (Å²) in [5.74, 6) is 1.58. The molecular weight excluding hydrogens is 287 g/mol. The molecule has 0 aromatic heterocycles. The van der Waals surface area contributed by atoms with Crippen molar-refractivity contribution < 1.29 is 9.39 Å². The molecule has 23 heavy (non-hydrogen) atoms. The van der Waals surface area contributed by atoms with E-state index in [0.717, 1.165) is 23.5 Å². The molecule has 1 aliphatic heterocycles. The standard InChI is InChI=1S/C18H32BN2O2/c1-9-20-16-15(22-13(2)3)11-10-14(12-21-16)19-23-18(7,8)17(4,5)6/h11-13H,9-10H2,1-8H3,(H,20,21). The van der Waals surface area contributed by atoms with Gasteiger partial charge in [0.2, 0.25) is 0 Å². The van der Waals surface area contributed by atoms with Crippen LogP contribution >= 0.6 is 0 Å². The second-order valence-corrected chi connectivity index (χ2v) is 7.62. The van der Waals surface area contributed by atoms with E-state index < -0.39 is 0 Å². The van der Waals surface area contributed by atoms with Crippen LogP contribution in [0.2, 0.25) is 0 Å². The van der Waals surface area contributed by atoms with Crippen molar-refractivity contribution in [2.75, 3.05) is 6.54 Å². The maximum Gasteiger partial charge on any atom is 0.328 e. The van der Waals surface area contributed by atoms with Gasteiger partial charge in [0.25, 0.3) is 0 Å². The fourth-order valence-electron chi connectivity index (χ4n) is 1.72. The zero-order valence-corrected chi connectivity index (χ0v) is 16.0. The molecule has 0 unspecified atom stereocenters. The first-order valence-corrected chi connectivity index (χ1v) is 8.45. The lowest BCUT2D eigenvalue weighted by Crippen LogP contribution is -2.40. The summed E-state index contributed by atoms with van der Waals surface area (Å²) in [4.78, 5) is 4.47. The van der Waals surface area contributed by atoms with Crippen LogP contribution in [0.3, 0.4) is 0 Å². The number of aliphatic imine (C=N–C) groups is 1. The zero-order chi connectivity index (χ0) is 17.7. The lowest BCUT2D eigenvalue weighted by Gasteiger charge is -2.39. The molecule has 1 rings (SSSR count). The SMILES string of the molecule is CCN=C1NC=C([B]OC(C)(C)C(C)(C)C)CC=C1OC(C)C. The van der Waals surface area contributed by atoms with E-state index in [-0.39, 0.29) is 17.1 Å². The van der Waals surface area contributed by atoms with Gasteiger partial charge in [-0.2, -0.15) is 0 Å². The fraction of sp³-hybridized carbons (Fsp3) is 0.722. The largest absolute Gasteiger partial charge is 0.487 e. The molecule has 1 radical (unpaired) electrons. The van der Waals surface area contributed by atoms with Crippen LogP contribution in [0.4, 0.5) is 0 Å². The number of nitrogens with zero attached hydrogens (tertiary/aromatic N) is 1. The van der Waals surface area contributed by atoms with Crippen molar-refractivity contribution >= 4 is 13.3 Å². The van der Waals surface area contributed by atoms with E-state index in [9.17, 15) is 0 Å². The Hall–Kier alpha value is -1.23. The van der Waals surface area contributed by atoms with Crippen LogP contribution in [0.15, 0.2) is 28.5 Å². The van der Waals surface area contributed by atoms with E-state index in [4.69, 9.17) is 9.39 Å². The molecule has 5 heteroatoms. The Bertz CT molecular complexity index is 486. The van der Waals surface area contributed by atoms with Gasteiger partial charge in [-0.05, 0) is 58.7 Å². The van der Waals surface area contributed by atoms with E-state index in [1.807, 2.05) is 34.5 Å². The lowest BCUT2D eigenvalue weighted by molar-refractivity contribution is 0.00423. The van der Waals surface area contributed by atoms with Gasteiger partial charge in [0, 0.05) is 6.54 Å². The van der Waals surface area contributed by atoms with Crippen molar-refractivity contribution in [2.24, 2.45) is 10.4 Å². The normalized spacial score (nSPS) is 18.2. The van der Waals surface area contributed by atoms with Crippen molar-refractivity contribution in [3.05, 3.63) is 23.5 Å². The van der Waals surface area contributed by atoms with E-state index in [2.05, 4.69) is 51.0 Å². The second kappa shape index (κ2) is 8.05. The van der Waals surface area contributed by atoms with Crippen LogP contribution in [0.1, 0.15) is 61.8 Å². The summed E-state index contributed by atoms with van der Waals surface area (Å²) in [5.41, 5.74) is 0.869. The average molecular weight is 319 g/mol. The smallest absolute Gasteiger partial charge is 0.328 e. The maximum absolute atomic E-state index is 6.06. The lowest BCUT2D eigenvalue weighted by atomic mass is 9.76. The molecule has 1 heterocycles. The van der Waals surface area contributed by atoms with Crippen LogP contribution in [-0.2, 0) is 9.39 Å². The van der Waals surface area contributed by atoms with Gasteiger partial charge < -0.3 is 14.7 Å². The average Bonchev–Trinajstić information content (AvgIpc) is 2.59. The molecule has 0 spiro atoms. The monoisotopic (exact) mass is 319 g/mol. The number of nitrogens with one attached hydrogen (secondary N) is 1. The topological polar surface area (TPSA) is 42.9 Å². The fourth-order valence-corrected chi connectivity index (χ4v) is 1.72. The third kappa shape index (κ3) is 6.06. The molecule has 0 amide bonds. The predicted octanol–water partition coefficient (Wildman–Crippen LogP) is 4.01.